The number of likely N-dealkylation sites (N-methyl/N-ethyl adjacent to an activating group) is 1. The number of ether oxygens (including phenoxy) is 1. The number of hydrogen-bond acceptors (Lipinski definition) is 5. The number of nitrogens with zero attached hydrogens (tertiary/aromatic N) is 4. The van der Waals surface area contributed by atoms with Gasteiger partial charge < -0.3 is 19.6 Å². The summed E-state index contributed by atoms with van der Waals surface area (Å²) in [6.45, 7) is 2.41. The molecular weight excluding hydrogens is 376 g/mol. The Bertz CT molecular complexity index is 1040. The molecular formula is C24H28N4O2. The van der Waals surface area contributed by atoms with E-state index in [4.69, 9.17) is 4.74 Å². The van der Waals surface area contributed by atoms with Crippen molar-refractivity contribution in [1.29, 1.82) is 0 Å². The standard InChI is InChI=1S/C24H28N4O2/c1-26(2)16-22(29)17-28-24-9-8-21(14-20(24)15-25-28)27-12-10-23(11-13-27)30-18-19-6-4-3-5-7-19/h3-12,14-15,22,29H,13,16-18H2,1-2H3. The summed E-state index contributed by atoms with van der Waals surface area (Å²) in [5.74, 6) is 0.888. The zero-order valence-corrected chi connectivity index (χ0v) is 17.5. The van der Waals surface area contributed by atoms with Crippen LogP contribution in [0.1, 0.15) is 5.56 Å². The van der Waals surface area contributed by atoms with Gasteiger partial charge in [0.2, 0.25) is 0 Å². The Hall–Kier alpha value is -3.09. The highest BCUT2D eigenvalue weighted by atomic mass is 16.5. The van der Waals surface area contributed by atoms with Crippen molar-refractivity contribution in [3.63, 3.8) is 0 Å². The van der Waals surface area contributed by atoms with Gasteiger partial charge in [0, 0.05) is 30.4 Å². The predicted octanol–water partition coefficient (Wildman–Crippen LogP) is 3.39. The average Bonchev–Trinajstić information content (AvgIpc) is 3.14. The third kappa shape index (κ3) is 4.90. The SMILES string of the molecule is CN(C)CC(O)Cn1ncc2cc(N3C=CC(OCc4ccccc4)=CC3)ccc21. The molecule has 30 heavy (non-hydrogen) atoms. The van der Waals surface area contributed by atoms with Crippen molar-refractivity contribution < 1.29 is 9.84 Å². The third-order valence-electron chi connectivity index (χ3n) is 5.07. The molecule has 1 unspecified atom stereocenters. The molecule has 0 radical (unpaired) electrons. The molecule has 4 rings (SSSR count). The van der Waals surface area contributed by atoms with Crippen LogP contribution in [-0.4, -0.2) is 53.1 Å². The van der Waals surface area contributed by atoms with Crippen LogP contribution in [0, 0.1) is 0 Å². The number of aromatic nitrogens is 2. The minimum atomic E-state index is -0.452. The van der Waals surface area contributed by atoms with Gasteiger partial charge in [-0.2, -0.15) is 5.10 Å². The number of fused-ring (bicyclic) bond motifs is 1. The van der Waals surface area contributed by atoms with Crippen LogP contribution in [0.15, 0.2) is 78.8 Å². The van der Waals surface area contributed by atoms with Gasteiger partial charge in [-0.3, -0.25) is 4.68 Å². The van der Waals surface area contributed by atoms with Gasteiger partial charge in [-0.25, -0.2) is 0 Å². The summed E-state index contributed by atoms with van der Waals surface area (Å²) in [5, 5.41) is 15.7. The van der Waals surface area contributed by atoms with Gasteiger partial charge in [-0.15, -0.1) is 0 Å². The number of rotatable bonds is 8. The van der Waals surface area contributed by atoms with Crippen LogP contribution in [0.3, 0.4) is 0 Å². The van der Waals surface area contributed by atoms with Crippen molar-refractivity contribution in [2.75, 3.05) is 32.1 Å². The first-order valence-corrected chi connectivity index (χ1v) is 10.2. The van der Waals surface area contributed by atoms with Crippen LogP contribution in [0.4, 0.5) is 5.69 Å². The number of hydrogen-bond donors (Lipinski definition) is 1. The van der Waals surface area contributed by atoms with Crippen LogP contribution in [0.2, 0.25) is 0 Å². The first kappa shape index (κ1) is 20.2. The third-order valence-corrected chi connectivity index (χ3v) is 5.07. The number of aliphatic hydroxyl groups is 1. The van der Waals surface area contributed by atoms with E-state index in [1.54, 1.807) is 0 Å². The molecule has 0 fully saturated rings. The summed E-state index contributed by atoms with van der Waals surface area (Å²) in [7, 11) is 3.91. The largest absolute Gasteiger partial charge is 0.489 e. The second-order valence-electron chi connectivity index (χ2n) is 7.83. The van der Waals surface area contributed by atoms with Gasteiger partial charge in [-0.05, 0) is 50.0 Å². The van der Waals surface area contributed by atoms with Crippen molar-refractivity contribution in [2.24, 2.45) is 0 Å². The van der Waals surface area contributed by atoms with Crippen LogP contribution < -0.4 is 4.90 Å². The molecule has 2 heterocycles. The summed E-state index contributed by atoms with van der Waals surface area (Å²) < 4.78 is 7.77. The highest BCUT2D eigenvalue weighted by Gasteiger charge is 2.13. The van der Waals surface area contributed by atoms with Gasteiger partial charge in [0.1, 0.15) is 12.4 Å². The van der Waals surface area contributed by atoms with E-state index in [-0.39, 0.29) is 0 Å². The van der Waals surface area contributed by atoms with Crippen molar-refractivity contribution in [1.82, 2.24) is 14.7 Å². The second kappa shape index (κ2) is 9.15. The molecule has 1 aromatic heterocycles. The predicted molar refractivity (Wildman–Crippen MR) is 120 cm³/mol. The lowest BCUT2D eigenvalue weighted by molar-refractivity contribution is 0.117. The lowest BCUT2D eigenvalue weighted by Gasteiger charge is -2.23. The molecule has 1 aliphatic rings. The van der Waals surface area contributed by atoms with Crippen molar-refractivity contribution >= 4 is 16.6 Å². The van der Waals surface area contributed by atoms with Crippen LogP contribution in [0.5, 0.6) is 0 Å². The number of allylic oxidation sites excluding steroid dienone is 1. The smallest absolute Gasteiger partial charge is 0.119 e. The summed E-state index contributed by atoms with van der Waals surface area (Å²) in [6.07, 6.45) is 7.55. The monoisotopic (exact) mass is 404 g/mol. The lowest BCUT2D eigenvalue weighted by atomic mass is 10.2. The van der Waals surface area contributed by atoms with Gasteiger partial charge in [0.25, 0.3) is 0 Å². The quantitative estimate of drug-likeness (QED) is 0.624. The van der Waals surface area contributed by atoms with Gasteiger partial charge in [-0.1, -0.05) is 30.3 Å². The summed E-state index contributed by atoms with van der Waals surface area (Å²) in [6, 6.07) is 16.5. The van der Waals surface area contributed by atoms with E-state index in [9.17, 15) is 5.11 Å². The molecule has 156 valence electrons. The molecule has 1 aliphatic heterocycles. The molecule has 0 aliphatic carbocycles. The van der Waals surface area contributed by atoms with Gasteiger partial charge >= 0.3 is 0 Å². The molecule has 1 N–H and O–H groups in total. The Labute approximate surface area is 177 Å². The second-order valence-corrected chi connectivity index (χ2v) is 7.83. The molecule has 0 bridgehead atoms. The van der Waals surface area contributed by atoms with Crippen molar-refractivity contribution in [3.8, 4) is 0 Å². The Morgan fingerprint density at radius 3 is 2.73 bits per heavy atom. The van der Waals surface area contributed by atoms with Gasteiger partial charge in [0.15, 0.2) is 0 Å². The fourth-order valence-electron chi connectivity index (χ4n) is 3.60. The highest BCUT2D eigenvalue weighted by Crippen LogP contribution is 2.25. The average molecular weight is 405 g/mol. The highest BCUT2D eigenvalue weighted by molar-refractivity contribution is 5.83. The van der Waals surface area contributed by atoms with E-state index in [1.165, 1.54) is 0 Å². The fourth-order valence-corrected chi connectivity index (χ4v) is 3.60. The molecule has 0 saturated heterocycles. The maximum Gasteiger partial charge on any atom is 0.119 e. The summed E-state index contributed by atoms with van der Waals surface area (Å²) in [5.41, 5.74) is 3.29. The van der Waals surface area contributed by atoms with E-state index in [0.717, 1.165) is 34.5 Å². The number of anilines is 1. The van der Waals surface area contributed by atoms with Crippen LogP contribution in [-0.2, 0) is 17.9 Å². The Kier molecular flexibility index (Phi) is 6.16. The molecule has 6 nitrogen and oxygen atoms in total. The normalized spacial score (nSPS) is 14.9. The molecule has 1 atom stereocenters. The summed E-state index contributed by atoms with van der Waals surface area (Å²) in [4.78, 5) is 4.15. The Morgan fingerprint density at radius 2 is 2.00 bits per heavy atom. The van der Waals surface area contributed by atoms with Crippen molar-refractivity contribution in [2.45, 2.75) is 19.3 Å². The van der Waals surface area contributed by atoms with Gasteiger partial charge in [0.05, 0.1) is 24.4 Å². The minimum absolute atomic E-state index is 0.452. The Morgan fingerprint density at radius 1 is 1.17 bits per heavy atom. The van der Waals surface area contributed by atoms with E-state index in [0.29, 0.717) is 19.7 Å². The van der Waals surface area contributed by atoms with E-state index in [2.05, 4.69) is 46.4 Å². The van der Waals surface area contributed by atoms with E-state index < -0.39 is 6.10 Å². The first-order valence-electron chi connectivity index (χ1n) is 10.2. The molecule has 2 aromatic carbocycles. The fraction of sp³-hybridized carbons (Fsp3) is 0.292. The van der Waals surface area contributed by atoms with Crippen LogP contribution in [0.25, 0.3) is 10.9 Å². The molecule has 0 saturated carbocycles. The molecule has 0 amide bonds. The Balaban J connectivity index is 1.38. The molecule has 3 aromatic rings. The van der Waals surface area contributed by atoms with Crippen molar-refractivity contribution in [3.05, 3.63) is 84.4 Å². The molecule has 6 heteroatoms. The zero-order valence-electron chi connectivity index (χ0n) is 17.5. The zero-order chi connectivity index (χ0) is 20.9. The van der Waals surface area contributed by atoms with E-state index >= 15 is 0 Å². The first-order chi connectivity index (χ1) is 14.6. The maximum atomic E-state index is 10.2. The minimum Gasteiger partial charge on any atom is -0.489 e. The maximum absolute atomic E-state index is 10.2. The van der Waals surface area contributed by atoms with Crippen LogP contribution >= 0.6 is 0 Å². The summed E-state index contributed by atoms with van der Waals surface area (Å²) >= 11 is 0. The lowest BCUT2D eigenvalue weighted by Crippen LogP contribution is -2.29. The number of benzene rings is 2. The topological polar surface area (TPSA) is 53.8 Å². The number of aliphatic hydroxyl groups excluding tert-OH is 1. The molecule has 0 spiro atoms. The van der Waals surface area contributed by atoms with E-state index in [1.807, 2.05) is 60.3 Å².